The zero-order valence-corrected chi connectivity index (χ0v) is 14.9. The van der Waals surface area contributed by atoms with Gasteiger partial charge in [0, 0.05) is 25.6 Å². The molecule has 2 aliphatic heterocycles. The third-order valence-corrected chi connectivity index (χ3v) is 8.17. The normalized spacial score (nSPS) is 24.1. The first-order chi connectivity index (χ1) is 11.9. The number of carbonyl (C=O) groups excluding carboxylic acids is 1. The maximum Gasteiger partial charge on any atom is 0.226 e. The summed E-state index contributed by atoms with van der Waals surface area (Å²) in [5.74, 6) is -0.153. The van der Waals surface area contributed by atoms with Gasteiger partial charge in [0.1, 0.15) is 5.65 Å². The van der Waals surface area contributed by atoms with E-state index in [1.165, 1.54) is 0 Å². The zero-order valence-electron chi connectivity index (χ0n) is 14.1. The summed E-state index contributed by atoms with van der Waals surface area (Å²) in [5, 5.41) is 2.94. The molecule has 25 heavy (non-hydrogen) atoms. The maximum atomic E-state index is 12.5. The lowest BCUT2D eigenvalue weighted by Gasteiger charge is -2.50. The monoisotopic (exact) mass is 363 g/mol. The molecule has 1 atom stereocenters. The Morgan fingerprint density at radius 1 is 1.44 bits per heavy atom. The molecular formula is C17H21N3O4S. The van der Waals surface area contributed by atoms with Crippen molar-refractivity contribution in [1.82, 2.24) is 14.7 Å². The van der Waals surface area contributed by atoms with Gasteiger partial charge >= 0.3 is 0 Å². The Hall–Kier alpha value is -1.93. The lowest BCUT2D eigenvalue weighted by atomic mass is 9.90. The fourth-order valence-electron chi connectivity index (χ4n) is 3.95. The molecule has 0 saturated carbocycles. The van der Waals surface area contributed by atoms with Crippen molar-refractivity contribution in [3.63, 3.8) is 0 Å². The highest BCUT2D eigenvalue weighted by atomic mass is 32.2. The molecule has 0 bridgehead atoms. The topological polar surface area (TPSA) is 89.8 Å². The van der Waals surface area contributed by atoms with Gasteiger partial charge in [-0.05, 0) is 31.4 Å². The van der Waals surface area contributed by atoms with Gasteiger partial charge in [0.15, 0.2) is 9.84 Å². The van der Waals surface area contributed by atoms with Crippen LogP contribution in [0.3, 0.4) is 0 Å². The summed E-state index contributed by atoms with van der Waals surface area (Å²) < 4.78 is 31.0. The smallest absolute Gasteiger partial charge is 0.226 e. The first-order valence-corrected chi connectivity index (χ1v) is 10.1. The van der Waals surface area contributed by atoms with Crippen LogP contribution in [-0.2, 0) is 25.8 Å². The molecule has 134 valence electrons. The minimum absolute atomic E-state index is 0.0188. The third kappa shape index (κ3) is 2.55. The average molecular weight is 363 g/mol. The second-order valence-electron chi connectivity index (χ2n) is 6.89. The van der Waals surface area contributed by atoms with Crippen LogP contribution in [0.1, 0.15) is 24.1 Å². The van der Waals surface area contributed by atoms with E-state index in [0.29, 0.717) is 26.1 Å². The molecule has 2 fully saturated rings. The molecule has 1 unspecified atom stereocenters. The van der Waals surface area contributed by atoms with Crippen LogP contribution in [0.2, 0.25) is 0 Å². The SMILES string of the molecule is Cc1cccn2c(CC(=O)NC3CS(=O)(=O)C34CCOCC4)cnc12. The summed E-state index contributed by atoms with van der Waals surface area (Å²) in [6.07, 6.45) is 4.66. The summed E-state index contributed by atoms with van der Waals surface area (Å²) >= 11 is 0. The lowest BCUT2D eigenvalue weighted by Crippen LogP contribution is -2.71. The molecule has 2 aromatic heterocycles. The van der Waals surface area contributed by atoms with Gasteiger partial charge in [0.2, 0.25) is 5.91 Å². The van der Waals surface area contributed by atoms with Crippen LogP contribution in [0.25, 0.3) is 5.65 Å². The molecule has 7 nitrogen and oxygen atoms in total. The van der Waals surface area contributed by atoms with Crippen LogP contribution < -0.4 is 5.32 Å². The van der Waals surface area contributed by atoms with Gasteiger partial charge in [-0.3, -0.25) is 4.79 Å². The minimum atomic E-state index is -3.15. The number of hydrogen-bond acceptors (Lipinski definition) is 5. The number of pyridine rings is 1. The molecule has 0 radical (unpaired) electrons. The molecule has 2 saturated heterocycles. The molecule has 2 aliphatic rings. The summed E-state index contributed by atoms with van der Waals surface area (Å²) in [6.45, 7) is 2.83. The van der Waals surface area contributed by atoms with Gasteiger partial charge in [0.25, 0.3) is 0 Å². The zero-order chi connectivity index (χ0) is 17.7. The molecule has 0 aliphatic carbocycles. The molecule has 4 heterocycles. The first-order valence-electron chi connectivity index (χ1n) is 8.44. The van der Waals surface area contributed by atoms with Gasteiger partial charge in [-0.1, -0.05) is 6.07 Å². The number of carbonyl (C=O) groups is 1. The Balaban J connectivity index is 1.50. The number of hydrogen-bond donors (Lipinski definition) is 1. The number of fused-ring (bicyclic) bond motifs is 1. The first kappa shape index (κ1) is 16.5. The highest BCUT2D eigenvalue weighted by Crippen LogP contribution is 2.42. The van der Waals surface area contributed by atoms with Crippen molar-refractivity contribution in [2.24, 2.45) is 0 Å². The van der Waals surface area contributed by atoms with E-state index >= 15 is 0 Å². The van der Waals surface area contributed by atoms with Crippen molar-refractivity contribution in [3.05, 3.63) is 35.8 Å². The van der Waals surface area contributed by atoms with Crippen molar-refractivity contribution in [2.75, 3.05) is 19.0 Å². The van der Waals surface area contributed by atoms with E-state index in [-0.39, 0.29) is 24.1 Å². The summed E-state index contributed by atoms with van der Waals surface area (Å²) in [4.78, 5) is 16.9. The molecule has 2 aromatic rings. The standard InChI is InChI=1S/C17H21N3O4S/c1-12-3-2-6-20-13(10-18-16(12)20)9-15(21)19-14-11-25(22,23)17(14)4-7-24-8-5-17/h2-3,6,10,14H,4-5,7-9,11H2,1H3,(H,19,21). The van der Waals surface area contributed by atoms with Gasteiger partial charge in [-0.15, -0.1) is 0 Å². The van der Waals surface area contributed by atoms with Crippen LogP contribution in [0, 0.1) is 6.92 Å². The van der Waals surface area contributed by atoms with Crippen molar-refractivity contribution in [1.29, 1.82) is 0 Å². The van der Waals surface area contributed by atoms with Gasteiger partial charge in [0.05, 0.1) is 28.7 Å². The molecule has 8 heteroatoms. The summed E-state index contributed by atoms with van der Waals surface area (Å²) in [6, 6.07) is 3.57. The van der Waals surface area contributed by atoms with Crippen LogP contribution in [0.15, 0.2) is 24.5 Å². The fourth-order valence-corrected chi connectivity index (χ4v) is 6.19. The van der Waals surface area contributed by atoms with Gasteiger partial charge in [-0.25, -0.2) is 13.4 Å². The van der Waals surface area contributed by atoms with E-state index in [4.69, 9.17) is 4.74 Å². The molecule has 4 rings (SSSR count). The number of aromatic nitrogens is 2. The lowest BCUT2D eigenvalue weighted by molar-refractivity contribution is -0.121. The molecule has 1 spiro atoms. The van der Waals surface area contributed by atoms with Crippen LogP contribution >= 0.6 is 0 Å². The van der Waals surface area contributed by atoms with E-state index in [1.807, 2.05) is 29.7 Å². The molecule has 1 amide bonds. The van der Waals surface area contributed by atoms with Crippen molar-refractivity contribution in [3.8, 4) is 0 Å². The summed E-state index contributed by atoms with van der Waals surface area (Å²) in [5.41, 5.74) is 2.66. The number of sulfone groups is 1. The number of aryl methyl sites for hydroxylation is 1. The number of rotatable bonds is 3. The van der Waals surface area contributed by atoms with Gasteiger partial charge < -0.3 is 14.5 Å². The van der Waals surface area contributed by atoms with Crippen molar-refractivity contribution < 1.29 is 17.9 Å². The Kier molecular flexibility index (Phi) is 3.84. The van der Waals surface area contributed by atoms with E-state index in [2.05, 4.69) is 10.3 Å². The van der Waals surface area contributed by atoms with Crippen LogP contribution in [-0.4, -0.2) is 53.5 Å². The Morgan fingerprint density at radius 3 is 2.92 bits per heavy atom. The van der Waals surface area contributed by atoms with E-state index in [9.17, 15) is 13.2 Å². The highest BCUT2D eigenvalue weighted by Gasteiger charge is 2.60. The maximum absolute atomic E-state index is 12.5. The second kappa shape index (κ2) is 5.81. The number of nitrogens with zero attached hydrogens (tertiary/aromatic N) is 2. The molecule has 0 aromatic carbocycles. The van der Waals surface area contributed by atoms with Crippen molar-refractivity contribution in [2.45, 2.75) is 37.0 Å². The Morgan fingerprint density at radius 2 is 2.20 bits per heavy atom. The minimum Gasteiger partial charge on any atom is -0.381 e. The second-order valence-corrected chi connectivity index (χ2v) is 9.27. The predicted octanol–water partition coefficient (Wildman–Crippen LogP) is 0.648. The Labute approximate surface area is 146 Å². The largest absolute Gasteiger partial charge is 0.381 e. The summed E-state index contributed by atoms with van der Waals surface area (Å²) in [7, 11) is -3.15. The number of nitrogens with one attached hydrogen (secondary N) is 1. The quantitative estimate of drug-likeness (QED) is 0.865. The third-order valence-electron chi connectivity index (χ3n) is 5.46. The van der Waals surface area contributed by atoms with Crippen molar-refractivity contribution >= 4 is 21.4 Å². The fraction of sp³-hybridized carbons (Fsp3) is 0.529. The van der Waals surface area contributed by atoms with Crippen LogP contribution in [0.4, 0.5) is 0 Å². The highest BCUT2D eigenvalue weighted by molar-refractivity contribution is 7.94. The van der Waals surface area contributed by atoms with E-state index < -0.39 is 14.6 Å². The molecular weight excluding hydrogens is 342 g/mol. The predicted molar refractivity (Wildman–Crippen MR) is 92.1 cm³/mol. The van der Waals surface area contributed by atoms with E-state index in [1.54, 1.807) is 6.20 Å². The Bertz CT molecular complexity index is 929. The molecule has 1 N–H and O–H groups in total. The average Bonchev–Trinajstić information content (AvgIpc) is 2.99. The van der Waals surface area contributed by atoms with Crippen LogP contribution in [0.5, 0.6) is 0 Å². The number of ether oxygens (including phenoxy) is 1. The van der Waals surface area contributed by atoms with Gasteiger partial charge in [-0.2, -0.15) is 0 Å². The number of amides is 1. The number of imidazole rings is 1. The van der Waals surface area contributed by atoms with E-state index in [0.717, 1.165) is 16.9 Å².